The van der Waals surface area contributed by atoms with E-state index in [1.54, 1.807) is 25.2 Å². The zero-order valence-electron chi connectivity index (χ0n) is 8.56. The molecule has 6 heteroatoms. The van der Waals surface area contributed by atoms with Crippen molar-refractivity contribution < 1.29 is 9.21 Å². The number of thiol groups is 1. The van der Waals surface area contributed by atoms with Gasteiger partial charge < -0.3 is 9.32 Å². The van der Waals surface area contributed by atoms with Gasteiger partial charge in [-0.15, -0.1) is 0 Å². The average molecular weight is 238 g/mol. The number of carbonyl (C=O) groups is 1. The van der Waals surface area contributed by atoms with Crippen LogP contribution in [0.3, 0.4) is 0 Å². The Morgan fingerprint density at radius 2 is 2.31 bits per heavy atom. The third kappa shape index (κ3) is 1.83. The van der Waals surface area contributed by atoms with Crippen LogP contribution in [0.4, 0.5) is 5.69 Å². The Bertz CT molecular complexity index is 587. The molecule has 0 saturated heterocycles. The number of hydrogen-bond acceptors (Lipinski definition) is 4. The summed E-state index contributed by atoms with van der Waals surface area (Å²) in [5.41, 5.74) is 1.73. The topological polar surface area (TPSA) is 66.3 Å². The lowest BCUT2D eigenvalue weighted by atomic mass is 10.2. The zero-order chi connectivity index (χ0) is 11.7. The third-order valence-corrected chi connectivity index (χ3v) is 2.57. The van der Waals surface area contributed by atoms with Gasteiger partial charge in [-0.3, -0.25) is 9.78 Å². The predicted molar refractivity (Wildman–Crippen MR) is 64.1 cm³/mol. The molecule has 1 aromatic carbocycles. The molecule has 1 aromatic heterocycles. The molecule has 0 spiro atoms. The quantitative estimate of drug-likeness (QED) is 0.767. The number of amides is 1. The maximum atomic E-state index is 11.4. The number of aromatic nitrogens is 1. The van der Waals surface area contributed by atoms with Gasteiger partial charge in [0, 0.05) is 12.7 Å². The molecule has 1 amide bonds. The number of H-pyrrole nitrogens is 1. The molecule has 16 heavy (non-hydrogen) atoms. The molecule has 1 heterocycles. The summed E-state index contributed by atoms with van der Waals surface area (Å²) in [4.78, 5) is 26.4. The predicted octanol–water partition coefficient (Wildman–Crippen LogP) is 1.01. The Labute approximate surface area is 96.5 Å². The number of anilines is 1. The van der Waals surface area contributed by atoms with Gasteiger partial charge in [0.05, 0.1) is 11.3 Å². The average Bonchev–Trinajstić information content (AvgIpc) is 2.65. The van der Waals surface area contributed by atoms with Crippen LogP contribution in [0.5, 0.6) is 0 Å². The summed E-state index contributed by atoms with van der Waals surface area (Å²) in [7, 11) is 1.65. The fraction of sp³-hybridized carbons (Fsp3) is 0.200. The van der Waals surface area contributed by atoms with Crippen LogP contribution in [0.15, 0.2) is 27.4 Å². The minimum absolute atomic E-state index is 0.117. The van der Waals surface area contributed by atoms with E-state index in [-0.39, 0.29) is 11.7 Å². The van der Waals surface area contributed by atoms with Gasteiger partial charge in [0.15, 0.2) is 5.58 Å². The van der Waals surface area contributed by atoms with Crippen molar-refractivity contribution in [2.75, 3.05) is 17.7 Å². The lowest BCUT2D eigenvalue weighted by Gasteiger charge is -2.15. The highest BCUT2D eigenvalue weighted by molar-refractivity contribution is 7.81. The third-order valence-electron chi connectivity index (χ3n) is 2.30. The highest BCUT2D eigenvalue weighted by Crippen LogP contribution is 2.19. The molecule has 0 atom stereocenters. The van der Waals surface area contributed by atoms with Gasteiger partial charge in [0.1, 0.15) is 0 Å². The van der Waals surface area contributed by atoms with Gasteiger partial charge in [0.25, 0.3) is 0 Å². The second-order valence-electron chi connectivity index (χ2n) is 3.31. The highest BCUT2D eigenvalue weighted by atomic mass is 32.1. The van der Waals surface area contributed by atoms with Crippen molar-refractivity contribution >= 4 is 35.3 Å². The molecule has 0 aliphatic rings. The van der Waals surface area contributed by atoms with E-state index in [1.165, 1.54) is 4.90 Å². The molecule has 2 rings (SSSR count). The largest absolute Gasteiger partial charge is 0.417 e. The van der Waals surface area contributed by atoms with Crippen molar-refractivity contribution in [1.29, 1.82) is 0 Å². The van der Waals surface area contributed by atoms with Crippen LogP contribution in [0.1, 0.15) is 0 Å². The second-order valence-corrected chi connectivity index (χ2v) is 3.62. The minimum atomic E-state index is -0.504. The zero-order valence-corrected chi connectivity index (χ0v) is 9.45. The van der Waals surface area contributed by atoms with Crippen LogP contribution in [-0.2, 0) is 4.79 Å². The van der Waals surface area contributed by atoms with Crippen molar-refractivity contribution in [2.24, 2.45) is 0 Å². The van der Waals surface area contributed by atoms with Crippen LogP contribution < -0.4 is 10.7 Å². The molecule has 0 saturated carbocycles. The van der Waals surface area contributed by atoms with Crippen LogP contribution in [-0.4, -0.2) is 23.7 Å². The fourth-order valence-electron chi connectivity index (χ4n) is 1.40. The molecule has 0 radical (unpaired) electrons. The standard InChI is InChI=1S/C10H10N2O3S/c1-12(9(13)5-16)6-2-3-8-7(4-6)11-10(14)15-8/h2-4,16H,5H2,1H3,(H,11,14). The van der Waals surface area contributed by atoms with Crippen molar-refractivity contribution in [3.8, 4) is 0 Å². The van der Waals surface area contributed by atoms with E-state index in [0.29, 0.717) is 16.8 Å². The Hall–Kier alpha value is -1.69. The van der Waals surface area contributed by atoms with Gasteiger partial charge in [-0.05, 0) is 18.2 Å². The highest BCUT2D eigenvalue weighted by Gasteiger charge is 2.10. The monoisotopic (exact) mass is 238 g/mol. The molecule has 2 aromatic rings. The summed E-state index contributed by atoms with van der Waals surface area (Å²) in [6.45, 7) is 0. The first-order valence-electron chi connectivity index (χ1n) is 4.62. The van der Waals surface area contributed by atoms with E-state index >= 15 is 0 Å². The number of aromatic amines is 1. The van der Waals surface area contributed by atoms with E-state index in [9.17, 15) is 9.59 Å². The first-order chi connectivity index (χ1) is 7.61. The SMILES string of the molecule is CN(C(=O)CS)c1ccc2oc(=O)[nH]c2c1. The normalized spacial score (nSPS) is 10.6. The number of nitrogens with zero attached hydrogens (tertiary/aromatic N) is 1. The molecule has 0 bridgehead atoms. The number of nitrogens with one attached hydrogen (secondary N) is 1. The molecular weight excluding hydrogens is 228 g/mol. The summed E-state index contributed by atoms with van der Waals surface area (Å²) >= 11 is 3.92. The van der Waals surface area contributed by atoms with E-state index in [2.05, 4.69) is 17.6 Å². The van der Waals surface area contributed by atoms with Crippen molar-refractivity contribution in [3.63, 3.8) is 0 Å². The molecule has 5 nitrogen and oxygen atoms in total. The van der Waals surface area contributed by atoms with Gasteiger partial charge >= 0.3 is 5.76 Å². The van der Waals surface area contributed by atoms with Crippen molar-refractivity contribution in [1.82, 2.24) is 4.98 Å². The minimum Gasteiger partial charge on any atom is -0.408 e. The first kappa shape index (κ1) is 10.8. The van der Waals surface area contributed by atoms with E-state index in [0.717, 1.165) is 0 Å². The smallest absolute Gasteiger partial charge is 0.408 e. The molecular formula is C10H10N2O3S. The van der Waals surface area contributed by atoms with Crippen molar-refractivity contribution in [2.45, 2.75) is 0 Å². The van der Waals surface area contributed by atoms with Gasteiger partial charge in [-0.25, -0.2) is 4.79 Å². The number of carbonyl (C=O) groups excluding carboxylic acids is 1. The lowest BCUT2D eigenvalue weighted by molar-refractivity contribution is -0.115. The molecule has 84 valence electrons. The summed E-state index contributed by atoms with van der Waals surface area (Å²) < 4.78 is 4.86. The summed E-state index contributed by atoms with van der Waals surface area (Å²) in [6.07, 6.45) is 0. The number of fused-ring (bicyclic) bond motifs is 1. The molecule has 0 aliphatic heterocycles. The lowest BCUT2D eigenvalue weighted by Crippen LogP contribution is -2.27. The molecule has 1 N–H and O–H groups in total. The van der Waals surface area contributed by atoms with E-state index in [1.807, 2.05) is 0 Å². The molecule has 0 unspecified atom stereocenters. The first-order valence-corrected chi connectivity index (χ1v) is 5.25. The number of oxazole rings is 1. The summed E-state index contributed by atoms with van der Waals surface area (Å²) in [6, 6.07) is 5.03. The summed E-state index contributed by atoms with van der Waals surface area (Å²) in [5, 5.41) is 0. The molecule has 0 aliphatic carbocycles. The maximum absolute atomic E-state index is 11.4. The molecule has 0 fully saturated rings. The number of hydrogen-bond donors (Lipinski definition) is 2. The van der Waals surface area contributed by atoms with Crippen LogP contribution in [0, 0.1) is 0 Å². The second kappa shape index (κ2) is 4.05. The van der Waals surface area contributed by atoms with Crippen LogP contribution in [0.25, 0.3) is 11.1 Å². The van der Waals surface area contributed by atoms with Gasteiger partial charge in [0.2, 0.25) is 5.91 Å². The fourth-order valence-corrected chi connectivity index (χ4v) is 1.61. The van der Waals surface area contributed by atoms with Crippen LogP contribution >= 0.6 is 12.6 Å². The Morgan fingerprint density at radius 1 is 1.56 bits per heavy atom. The Kier molecular flexibility index (Phi) is 2.74. The van der Waals surface area contributed by atoms with Gasteiger partial charge in [-0.1, -0.05) is 0 Å². The Morgan fingerprint density at radius 3 is 3.00 bits per heavy atom. The van der Waals surface area contributed by atoms with Crippen LogP contribution in [0.2, 0.25) is 0 Å². The maximum Gasteiger partial charge on any atom is 0.417 e. The Balaban J connectivity index is 2.46. The summed E-state index contributed by atoms with van der Waals surface area (Å²) in [5.74, 6) is -0.486. The van der Waals surface area contributed by atoms with Gasteiger partial charge in [-0.2, -0.15) is 12.6 Å². The number of benzene rings is 1. The number of rotatable bonds is 2. The van der Waals surface area contributed by atoms with Crippen molar-refractivity contribution in [3.05, 3.63) is 28.7 Å². The van der Waals surface area contributed by atoms with E-state index < -0.39 is 5.76 Å². The van der Waals surface area contributed by atoms with E-state index in [4.69, 9.17) is 4.42 Å².